The molecule has 0 bridgehead atoms. The highest BCUT2D eigenvalue weighted by atomic mass is 19.1. The number of benzene rings is 2. The van der Waals surface area contributed by atoms with Crippen LogP contribution in [0.4, 0.5) is 4.39 Å². The molecular weight excluding hydrogens is 285 g/mol. The number of ether oxygens (including phenoxy) is 2. The molecule has 0 spiro atoms. The van der Waals surface area contributed by atoms with Crippen molar-refractivity contribution in [2.45, 2.75) is 12.5 Å². The van der Waals surface area contributed by atoms with E-state index in [1.54, 1.807) is 37.4 Å². The van der Waals surface area contributed by atoms with Crippen LogP contribution in [0.1, 0.15) is 15.9 Å². The minimum atomic E-state index is -0.362. The highest BCUT2D eigenvalue weighted by molar-refractivity contribution is 5.94. The van der Waals surface area contributed by atoms with Gasteiger partial charge < -0.3 is 14.8 Å². The predicted octanol–water partition coefficient (Wildman–Crippen LogP) is 2.57. The number of hydrogen-bond donors (Lipinski definition) is 1. The van der Waals surface area contributed by atoms with Gasteiger partial charge in [-0.15, -0.1) is 0 Å². The second kappa shape index (κ2) is 6.05. The minimum Gasteiger partial charge on any atom is -0.497 e. The van der Waals surface area contributed by atoms with Crippen molar-refractivity contribution in [2.24, 2.45) is 0 Å². The largest absolute Gasteiger partial charge is 0.497 e. The van der Waals surface area contributed by atoms with Crippen LogP contribution in [0, 0.1) is 5.82 Å². The van der Waals surface area contributed by atoms with Gasteiger partial charge in [-0.25, -0.2) is 4.39 Å². The van der Waals surface area contributed by atoms with Crippen molar-refractivity contribution in [3.05, 3.63) is 59.4 Å². The molecule has 0 radical (unpaired) electrons. The molecule has 2 aromatic rings. The quantitative estimate of drug-likeness (QED) is 0.944. The molecule has 4 nitrogen and oxygen atoms in total. The van der Waals surface area contributed by atoms with E-state index < -0.39 is 0 Å². The van der Waals surface area contributed by atoms with Gasteiger partial charge in [0.2, 0.25) is 0 Å². The Morgan fingerprint density at radius 2 is 2.18 bits per heavy atom. The maximum Gasteiger partial charge on any atom is 0.251 e. The Kier molecular flexibility index (Phi) is 3.96. The average Bonchev–Trinajstić information content (AvgIpc) is 2.97. The van der Waals surface area contributed by atoms with Crippen LogP contribution in [-0.2, 0) is 6.42 Å². The fourth-order valence-electron chi connectivity index (χ4n) is 2.49. The first-order chi connectivity index (χ1) is 10.7. The van der Waals surface area contributed by atoms with E-state index in [2.05, 4.69) is 5.32 Å². The number of rotatable bonds is 4. The van der Waals surface area contributed by atoms with Crippen LogP contribution in [0.15, 0.2) is 42.5 Å². The monoisotopic (exact) mass is 301 g/mol. The number of nitrogens with one attached hydrogen (secondary N) is 1. The highest BCUT2D eigenvalue weighted by Gasteiger charge is 2.25. The summed E-state index contributed by atoms with van der Waals surface area (Å²) in [6.07, 6.45) is 0.340. The molecule has 0 fully saturated rings. The molecule has 0 saturated carbocycles. The van der Waals surface area contributed by atoms with E-state index in [0.717, 1.165) is 5.56 Å². The number of fused-ring (bicyclic) bond motifs is 1. The second-order valence-corrected chi connectivity index (χ2v) is 5.11. The molecule has 0 saturated heterocycles. The zero-order valence-corrected chi connectivity index (χ0v) is 12.1. The van der Waals surface area contributed by atoms with Gasteiger partial charge in [0.1, 0.15) is 11.9 Å². The lowest BCUT2D eigenvalue weighted by Crippen LogP contribution is -2.34. The molecule has 2 aromatic carbocycles. The Bertz CT molecular complexity index is 702. The minimum absolute atomic E-state index is 0.209. The predicted molar refractivity (Wildman–Crippen MR) is 79.8 cm³/mol. The number of amides is 1. The lowest BCUT2D eigenvalue weighted by atomic mass is 10.1. The highest BCUT2D eigenvalue weighted by Crippen LogP contribution is 2.31. The zero-order valence-electron chi connectivity index (χ0n) is 12.1. The lowest BCUT2D eigenvalue weighted by Gasteiger charge is -2.12. The standard InChI is InChI=1S/C17H16FNO3/c1-21-13-6-2-5-12(9-13)17(20)19-10-14-8-11-4-3-7-15(18)16(11)22-14/h2-7,9,14H,8,10H2,1H3,(H,19,20). The molecule has 1 amide bonds. The van der Waals surface area contributed by atoms with E-state index in [0.29, 0.717) is 30.0 Å². The van der Waals surface area contributed by atoms with Crippen molar-refractivity contribution >= 4 is 5.91 Å². The maximum absolute atomic E-state index is 13.6. The molecule has 1 unspecified atom stereocenters. The summed E-state index contributed by atoms with van der Waals surface area (Å²) in [4.78, 5) is 12.1. The Labute approximate surface area is 127 Å². The Balaban J connectivity index is 1.60. The topological polar surface area (TPSA) is 47.6 Å². The average molecular weight is 301 g/mol. The third-order valence-corrected chi connectivity index (χ3v) is 3.60. The molecule has 1 heterocycles. The van der Waals surface area contributed by atoms with E-state index in [9.17, 15) is 9.18 Å². The summed E-state index contributed by atoms with van der Waals surface area (Å²) in [5, 5.41) is 2.80. The van der Waals surface area contributed by atoms with Crippen molar-refractivity contribution in [1.29, 1.82) is 0 Å². The van der Waals surface area contributed by atoms with E-state index in [1.807, 2.05) is 6.07 Å². The Morgan fingerprint density at radius 3 is 2.95 bits per heavy atom. The normalized spacial score (nSPS) is 15.8. The van der Waals surface area contributed by atoms with Crippen molar-refractivity contribution < 1.29 is 18.7 Å². The van der Waals surface area contributed by atoms with Gasteiger partial charge in [-0.1, -0.05) is 18.2 Å². The molecule has 1 aliphatic heterocycles. The fourth-order valence-corrected chi connectivity index (χ4v) is 2.49. The third kappa shape index (κ3) is 2.88. The number of hydrogen-bond acceptors (Lipinski definition) is 3. The Hall–Kier alpha value is -2.56. The van der Waals surface area contributed by atoms with Gasteiger partial charge in [0.25, 0.3) is 5.91 Å². The molecular formula is C17H16FNO3. The van der Waals surface area contributed by atoms with Crippen LogP contribution in [0.3, 0.4) is 0 Å². The van der Waals surface area contributed by atoms with E-state index in [4.69, 9.17) is 9.47 Å². The van der Waals surface area contributed by atoms with Crippen LogP contribution in [0.25, 0.3) is 0 Å². The SMILES string of the molecule is COc1cccc(C(=O)NCC2Cc3cccc(F)c3O2)c1. The first-order valence-electron chi connectivity index (χ1n) is 7.03. The fraction of sp³-hybridized carbons (Fsp3) is 0.235. The van der Waals surface area contributed by atoms with Gasteiger partial charge >= 0.3 is 0 Å². The maximum atomic E-state index is 13.6. The summed E-state index contributed by atoms with van der Waals surface area (Å²) in [5.41, 5.74) is 1.35. The zero-order chi connectivity index (χ0) is 15.5. The molecule has 3 rings (SSSR count). The number of halogens is 1. The van der Waals surface area contributed by atoms with Crippen LogP contribution < -0.4 is 14.8 Å². The van der Waals surface area contributed by atoms with Gasteiger partial charge in [0.15, 0.2) is 11.6 Å². The third-order valence-electron chi connectivity index (χ3n) is 3.60. The summed E-state index contributed by atoms with van der Waals surface area (Å²) < 4.78 is 24.2. The summed E-state index contributed by atoms with van der Waals surface area (Å²) >= 11 is 0. The van der Waals surface area contributed by atoms with Gasteiger partial charge in [-0.05, 0) is 24.3 Å². The number of carbonyl (C=O) groups excluding carboxylic acids is 1. The molecule has 1 atom stereocenters. The van der Waals surface area contributed by atoms with Crippen LogP contribution in [-0.4, -0.2) is 25.7 Å². The number of methoxy groups -OCH3 is 1. The number of para-hydroxylation sites is 1. The van der Waals surface area contributed by atoms with E-state index in [1.165, 1.54) is 6.07 Å². The molecule has 1 N–H and O–H groups in total. The van der Waals surface area contributed by atoms with Gasteiger partial charge in [0, 0.05) is 17.5 Å². The van der Waals surface area contributed by atoms with Gasteiger partial charge in [0.05, 0.1) is 13.7 Å². The van der Waals surface area contributed by atoms with Crippen LogP contribution in [0.2, 0.25) is 0 Å². The molecule has 114 valence electrons. The lowest BCUT2D eigenvalue weighted by molar-refractivity contribution is 0.0932. The van der Waals surface area contributed by atoms with Crippen LogP contribution in [0.5, 0.6) is 11.5 Å². The van der Waals surface area contributed by atoms with Crippen molar-refractivity contribution in [1.82, 2.24) is 5.32 Å². The van der Waals surface area contributed by atoms with Crippen molar-refractivity contribution in [3.63, 3.8) is 0 Å². The second-order valence-electron chi connectivity index (χ2n) is 5.11. The van der Waals surface area contributed by atoms with Crippen LogP contribution >= 0.6 is 0 Å². The van der Waals surface area contributed by atoms with E-state index in [-0.39, 0.29) is 17.8 Å². The number of carbonyl (C=O) groups is 1. The molecule has 22 heavy (non-hydrogen) atoms. The summed E-state index contributed by atoms with van der Waals surface area (Å²) in [6, 6.07) is 11.8. The van der Waals surface area contributed by atoms with Crippen molar-refractivity contribution in [3.8, 4) is 11.5 Å². The van der Waals surface area contributed by atoms with Gasteiger partial charge in [-0.2, -0.15) is 0 Å². The summed E-state index contributed by atoms with van der Waals surface area (Å²) in [6.45, 7) is 0.324. The first-order valence-corrected chi connectivity index (χ1v) is 7.03. The van der Waals surface area contributed by atoms with Crippen molar-refractivity contribution in [2.75, 3.05) is 13.7 Å². The first kappa shape index (κ1) is 14.4. The molecule has 0 aliphatic carbocycles. The summed E-state index contributed by atoms with van der Waals surface area (Å²) in [7, 11) is 1.55. The summed E-state index contributed by atoms with van der Waals surface area (Å²) in [5.74, 6) is 0.348. The van der Waals surface area contributed by atoms with Gasteiger partial charge in [-0.3, -0.25) is 4.79 Å². The molecule has 0 aromatic heterocycles. The Morgan fingerprint density at radius 1 is 1.36 bits per heavy atom. The smallest absolute Gasteiger partial charge is 0.251 e. The van der Waals surface area contributed by atoms with E-state index >= 15 is 0 Å². The molecule has 1 aliphatic rings. The molecule has 5 heteroatoms.